The molecule has 2 N–H and O–H groups in total. The average Bonchev–Trinajstić information content (AvgIpc) is 3.95. The number of nitrogens with zero attached hydrogens (tertiary/aromatic N) is 3. The predicted octanol–water partition coefficient (Wildman–Crippen LogP) is 7.63. The normalized spacial score (nSPS) is 17.8. The Hall–Kier alpha value is -5.29. The molecular weight excluding hydrogens is 642 g/mol. The molecule has 1 saturated heterocycles. The van der Waals surface area contributed by atoms with Crippen molar-refractivity contribution >= 4 is 33.1 Å². The maximum absolute atomic E-state index is 14.2. The first-order valence-electron chi connectivity index (χ1n) is 16.6. The van der Waals surface area contributed by atoms with E-state index in [1.54, 1.807) is 36.8 Å². The Morgan fingerprint density at radius 1 is 1.06 bits per heavy atom. The first-order chi connectivity index (χ1) is 24.0. The molecule has 2 atom stereocenters. The summed E-state index contributed by atoms with van der Waals surface area (Å²) in [4.78, 5) is 39.4. The number of hydrogen-bond donors (Lipinski definition) is 2. The first-order valence-corrected chi connectivity index (χ1v) is 17.4. The quantitative estimate of drug-likeness (QED) is 0.171. The molecule has 6 aromatic rings. The fourth-order valence-corrected chi connectivity index (χ4v) is 9.05. The molecule has 9 nitrogen and oxygen atoms in total. The molecule has 9 rings (SSSR count). The lowest BCUT2D eigenvalue weighted by atomic mass is 9.92. The van der Waals surface area contributed by atoms with E-state index in [1.165, 1.54) is 29.3 Å². The van der Waals surface area contributed by atoms with Gasteiger partial charge in [0.15, 0.2) is 5.76 Å². The molecule has 246 valence electrons. The van der Waals surface area contributed by atoms with Gasteiger partial charge < -0.3 is 19.5 Å². The molecule has 0 unspecified atom stereocenters. The zero-order valence-electron chi connectivity index (χ0n) is 26.7. The minimum atomic E-state index is -0.376. The summed E-state index contributed by atoms with van der Waals surface area (Å²) in [5.74, 6) is 1.67. The molecule has 1 aliphatic carbocycles. The third-order valence-electron chi connectivity index (χ3n) is 10.1. The SMILES string of the molecule is COc1cccc2c1CC[C@@H]2Nc1nccc2cc(-c3c4c(nc(CCc5ccc(F)cc5)c3-c3cc(=O)[nH]o3)[C@H]3CCCN3C4=O)sc12. The zero-order valence-corrected chi connectivity index (χ0v) is 27.5. The number of pyridine rings is 2. The second kappa shape index (κ2) is 11.7. The third kappa shape index (κ3) is 4.94. The van der Waals surface area contributed by atoms with Gasteiger partial charge in [-0.25, -0.2) is 9.37 Å². The number of amides is 1. The summed E-state index contributed by atoms with van der Waals surface area (Å²) in [7, 11) is 1.71. The van der Waals surface area contributed by atoms with E-state index in [2.05, 4.69) is 22.6 Å². The molecule has 4 aromatic heterocycles. The Morgan fingerprint density at radius 2 is 1.94 bits per heavy atom. The van der Waals surface area contributed by atoms with Crippen LogP contribution in [0.25, 0.3) is 31.9 Å². The molecular formula is C38H32FN5O4S. The zero-order chi connectivity index (χ0) is 33.2. The van der Waals surface area contributed by atoms with Crippen LogP contribution in [-0.4, -0.2) is 39.6 Å². The van der Waals surface area contributed by atoms with E-state index in [-0.39, 0.29) is 29.4 Å². The maximum atomic E-state index is 14.2. The van der Waals surface area contributed by atoms with Gasteiger partial charge in [-0.05, 0) is 90.9 Å². The number of thiophene rings is 1. The van der Waals surface area contributed by atoms with Crippen LogP contribution in [-0.2, 0) is 19.3 Å². The highest BCUT2D eigenvalue weighted by Gasteiger charge is 2.44. The van der Waals surface area contributed by atoms with Gasteiger partial charge in [-0.3, -0.25) is 14.6 Å². The Bertz CT molecular complexity index is 2330. The monoisotopic (exact) mass is 673 g/mol. The van der Waals surface area contributed by atoms with Crippen molar-refractivity contribution in [3.05, 3.63) is 117 Å². The molecule has 0 spiro atoms. The van der Waals surface area contributed by atoms with Crippen molar-refractivity contribution in [1.82, 2.24) is 20.0 Å². The highest BCUT2D eigenvalue weighted by molar-refractivity contribution is 7.23. The molecule has 2 aromatic carbocycles. The molecule has 3 aliphatic rings. The number of aromatic amines is 1. The third-order valence-corrected chi connectivity index (χ3v) is 11.3. The van der Waals surface area contributed by atoms with E-state index >= 15 is 0 Å². The molecule has 6 heterocycles. The summed E-state index contributed by atoms with van der Waals surface area (Å²) < 4.78 is 26.1. The average molecular weight is 674 g/mol. The van der Waals surface area contributed by atoms with Gasteiger partial charge in [0.2, 0.25) is 0 Å². The lowest BCUT2D eigenvalue weighted by Crippen LogP contribution is -2.22. The van der Waals surface area contributed by atoms with Crippen molar-refractivity contribution in [1.29, 1.82) is 0 Å². The van der Waals surface area contributed by atoms with Crippen molar-refractivity contribution in [2.75, 3.05) is 19.0 Å². The largest absolute Gasteiger partial charge is 0.496 e. The topological polar surface area (TPSA) is 113 Å². The van der Waals surface area contributed by atoms with Crippen molar-refractivity contribution in [3.8, 4) is 27.5 Å². The van der Waals surface area contributed by atoms with Gasteiger partial charge in [0.25, 0.3) is 11.5 Å². The smallest absolute Gasteiger partial charge is 0.280 e. The molecule has 0 saturated carbocycles. The van der Waals surface area contributed by atoms with Gasteiger partial charge in [-0.15, -0.1) is 11.3 Å². The van der Waals surface area contributed by atoms with Crippen LogP contribution in [0.2, 0.25) is 0 Å². The minimum Gasteiger partial charge on any atom is -0.496 e. The molecule has 0 bridgehead atoms. The summed E-state index contributed by atoms with van der Waals surface area (Å²) in [5.41, 5.74) is 6.44. The van der Waals surface area contributed by atoms with E-state index in [0.717, 1.165) is 74.7 Å². The second-order valence-corrected chi connectivity index (χ2v) is 13.9. The van der Waals surface area contributed by atoms with Crippen LogP contribution >= 0.6 is 11.3 Å². The molecule has 1 fully saturated rings. The van der Waals surface area contributed by atoms with Crippen LogP contribution in [0.15, 0.2) is 76.2 Å². The number of rotatable bonds is 8. The van der Waals surface area contributed by atoms with Gasteiger partial charge in [-0.2, -0.15) is 5.16 Å². The number of methoxy groups -OCH3 is 1. The summed E-state index contributed by atoms with van der Waals surface area (Å²) in [6.45, 7) is 0.677. The van der Waals surface area contributed by atoms with Crippen molar-refractivity contribution in [2.45, 2.75) is 50.6 Å². The fourth-order valence-electron chi connectivity index (χ4n) is 7.88. The van der Waals surface area contributed by atoms with Crippen LogP contribution in [0.3, 0.4) is 0 Å². The number of carbonyl (C=O) groups excluding carboxylic acids is 1. The van der Waals surface area contributed by atoms with Crippen LogP contribution in [0, 0.1) is 5.82 Å². The van der Waals surface area contributed by atoms with Gasteiger partial charge in [0.05, 0.1) is 52.5 Å². The standard InChI is InChI=1S/C38H32FN5O4S/c1-47-28-6-2-4-23-24(28)12-14-25(23)42-37-36-21(15-16-40-37)18-30(49-36)33-32(29-19-31(45)43-48-29)26(13-9-20-7-10-22(39)11-8-20)41-35-27-5-3-17-44(27)38(46)34(33)35/h2,4,6-8,10-11,15-16,18-19,25,27H,3,5,9,12-14,17H2,1H3,(H,40,42)(H,43,45)/t25-,27+/m0/s1. The van der Waals surface area contributed by atoms with Gasteiger partial charge in [0.1, 0.15) is 17.4 Å². The van der Waals surface area contributed by atoms with Gasteiger partial charge in [0, 0.05) is 23.2 Å². The molecule has 49 heavy (non-hydrogen) atoms. The molecule has 2 aliphatic heterocycles. The number of nitrogens with one attached hydrogen (secondary N) is 2. The number of halogens is 1. The van der Waals surface area contributed by atoms with E-state index in [4.69, 9.17) is 19.2 Å². The van der Waals surface area contributed by atoms with E-state index < -0.39 is 0 Å². The Kier molecular flexibility index (Phi) is 7.12. The number of carbonyl (C=O) groups is 1. The Morgan fingerprint density at radius 3 is 2.76 bits per heavy atom. The van der Waals surface area contributed by atoms with Crippen LogP contribution in [0.4, 0.5) is 10.2 Å². The van der Waals surface area contributed by atoms with Crippen LogP contribution in [0.5, 0.6) is 5.75 Å². The number of benzene rings is 2. The molecule has 11 heteroatoms. The van der Waals surface area contributed by atoms with E-state index in [0.29, 0.717) is 36.3 Å². The minimum absolute atomic E-state index is 0.0466. The second-order valence-electron chi connectivity index (χ2n) is 12.9. The van der Waals surface area contributed by atoms with Crippen LogP contribution in [0.1, 0.15) is 69.8 Å². The lowest BCUT2D eigenvalue weighted by molar-refractivity contribution is 0.0776. The van der Waals surface area contributed by atoms with Gasteiger partial charge >= 0.3 is 0 Å². The number of aromatic nitrogens is 3. The number of aryl methyl sites for hydroxylation is 2. The summed E-state index contributed by atoms with van der Waals surface area (Å²) in [6.07, 6.45) is 6.50. The Balaban J connectivity index is 1.20. The maximum Gasteiger partial charge on any atom is 0.280 e. The lowest BCUT2D eigenvalue weighted by Gasteiger charge is -2.17. The van der Waals surface area contributed by atoms with Crippen molar-refractivity contribution in [2.24, 2.45) is 0 Å². The molecule has 1 amide bonds. The molecule has 0 radical (unpaired) electrons. The summed E-state index contributed by atoms with van der Waals surface area (Å²) in [5, 5.41) is 7.15. The highest BCUT2D eigenvalue weighted by atomic mass is 32.1. The van der Waals surface area contributed by atoms with Crippen molar-refractivity contribution < 1.29 is 18.4 Å². The number of ether oxygens (including phenoxy) is 1. The highest BCUT2D eigenvalue weighted by Crippen LogP contribution is 2.51. The predicted molar refractivity (Wildman–Crippen MR) is 186 cm³/mol. The Labute approximate surface area is 284 Å². The number of fused-ring (bicyclic) bond motifs is 5. The van der Waals surface area contributed by atoms with Crippen LogP contribution < -0.4 is 15.6 Å². The van der Waals surface area contributed by atoms with E-state index in [9.17, 15) is 14.0 Å². The van der Waals surface area contributed by atoms with Gasteiger partial charge in [-0.1, -0.05) is 24.3 Å². The number of anilines is 1. The summed E-state index contributed by atoms with van der Waals surface area (Å²) >= 11 is 1.57. The first kappa shape index (κ1) is 29.8. The van der Waals surface area contributed by atoms with Crippen molar-refractivity contribution in [3.63, 3.8) is 0 Å². The summed E-state index contributed by atoms with van der Waals surface area (Å²) in [6, 6.07) is 18.1. The fraction of sp³-hybridized carbons (Fsp3) is 0.263. The van der Waals surface area contributed by atoms with E-state index in [1.807, 2.05) is 23.1 Å². The number of H-pyrrole nitrogens is 1. The number of hydrogen-bond acceptors (Lipinski definition) is 8.